The van der Waals surface area contributed by atoms with Crippen LogP contribution in [0.25, 0.3) is 0 Å². The van der Waals surface area contributed by atoms with Crippen molar-refractivity contribution in [3.8, 4) is 0 Å². The Morgan fingerprint density at radius 3 is 2.79 bits per heavy atom. The van der Waals surface area contributed by atoms with Gasteiger partial charge in [-0.25, -0.2) is 4.39 Å². The van der Waals surface area contributed by atoms with Gasteiger partial charge in [-0.3, -0.25) is 19.0 Å². The molecule has 9 heteroatoms. The zero-order valence-corrected chi connectivity index (χ0v) is 16.2. The van der Waals surface area contributed by atoms with Gasteiger partial charge in [0.1, 0.15) is 6.04 Å². The molecule has 0 radical (unpaired) electrons. The van der Waals surface area contributed by atoms with Crippen molar-refractivity contribution >= 4 is 17.5 Å². The van der Waals surface area contributed by atoms with Crippen LogP contribution in [0, 0.1) is 5.82 Å². The van der Waals surface area contributed by atoms with E-state index in [-0.39, 0.29) is 11.6 Å². The first-order valence-corrected chi connectivity index (χ1v) is 9.30. The summed E-state index contributed by atoms with van der Waals surface area (Å²) in [6.45, 7) is 0.346. The number of carbonyl (C=O) groups excluding carboxylic acids is 2. The molecule has 8 nitrogen and oxygen atoms in total. The predicted octanol–water partition coefficient (Wildman–Crippen LogP) is 1.51. The lowest BCUT2D eigenvalue weighted by atomic mass is 10.1. The van der Waals surface area contributed by atoms with Crippen molar-refractivity contribution in [1.29, 1.82) is 0 Å². The van der Waals surface area contributed by atoms with Gasteiger partial charge < -0.3 is 10.2 Å². The van der Waals surface area contributed by atoms with Gasteiger partial charge in [-0.2, -0.15) is 10.2 Å². The van der Waals surface area contributed by atoms with Crippen LogP contribution in [0.3, 0.4) is 0 Å². The molecule has 0 fully saturated rings. The fourth-order valence-electron chi connectivity index (χ4n) is 3.54. The van der Waals surface area contributed by atoms with E-state index < -0.39 is 17.8 Å². The number of amides is 2. The fourth-order valence-corrected chi connectivity index (χ4v) is 3.54. The third-order valence-corrected chi connectivity index (χ3v) is 5.12. The third kappa shape index (κ3) is 3.63. The molecule has 0 aliphatic carbocycles. The quantitative estimate of drug-likeness (QED) is 0.725. The summed E-state index contributed by atoms with van der Waals surface area (Å²) in [6.07, 6.45) is 3.78. The van der Waals surface area contributed by atoms with E-state index in [0.717, 1.165) is 11.3 Å². The molecule has 1 aromatic carbocycles. The highest BCUT2D eigenvalue weighted by Gasteiger charge is 2.32. The van der Waals surface area contributed by atoms with E-state index in [2.05, 4.69) is 15.5 Å². The summed E-state index contributed by atoms with van der Waals surface area (Å²) >= 11 is 0. The molecular formula is C20H21FN6O2. The number of likely N-dealkylation sites (N-methyl/N-ethyl adjacent to an activating group) is 1. The number of rotatable bonds is 4. The number of hydrogen-bond donors (Lipinski definition) is 1. The Balaban J connectivity index is 1.49. The van der Waals surface area contributed by atoms with E-state index in [1.807, 2.05) is 37.4 Å². The Morgan fingerprint density at radius 2 is 2.03 bits per heavy atom. The van der Waals surface area contributed by atoms with Crippen LogP contribution in [-0.4, -0.2) is 44.5 Å². The molecule has 0 saturated carbocycles. The van der Waals surface area contributed by atoms with Gasteiger partial charge in [0.25, 0.3) is 5.91 Å². The number of nitrogens with one attached hydrogen (secondary N) is 1. The minimum atomic E-state index is -0.765. The minimum absolute atomic E-state index is 0.269. The largest absolute Gasteiger partial charge is 0.339 e. The maximum atomic E-state index is 14.3. The molecule has 1 N–H and O–H groups in total. The first kappa shape index (κ1) is 18.9. The van der Waals surface area contributed by atoms with Crippen LogP contribution in [0.15, 0.2) is 42.7 Å². The summed E-state index contributed by atoms with van der Waals surface area (Å²) < 4.78 is 17.4. The summed E-state index contributed by atoms with van der Waals surface area (Å²) in [6, 6.07) is 8.67. The number of aromatic nitrogens is 4. The van der Waals surface area contributed by atoms with Crippen LogP contribution < -0.4 is 10.2 Å². The van der Waals surface area contributed by atoms with Crippen molar-refractivity contribution in [1.82, 2.24) is 24.9 Å². The molecule has 0 bridgehead atoms. The maximum absolute atomic E-state index is 14.3. The van der Waals surface area contributed by atoms with Crippen LogP contribution in [0.4, 0.5) is 10.1 Å². The maximum Gasteiger partial charge on any atom is 0.275 e. The van der Waals surface area contributed by atoms with E-state index in [1.54, 1.807) is 17.9 Å². The number of nitrogens with zero attached hydrogens (tertiary/aromatic N) is 5. The Morgan fingerprint density at radius 1 is 1.28 bits per heavy atom. The molecule has 1 aliphatic heterocycles. The molecular weight excluding hydrogens is 375 g/mol. The molecule has 1 unspecified atom stereocenters. The van der Waals surface area contributed by atoms with Crippen LogP contribution in [0.2, 0.25) is 0 Å². The number of hydrogen-bond acceptors (Lipinski definition) is 4. The SMILES string of the molecule is CN1C(=O)C(NC(=O)c2nn(Cc3ccccc3)cc2F)CCc2c1cnn2C. The van der Waals surface area contributed by atoms with Crippen molar-refractivity contribution < 1.29 is 14.0 Å². The average molecular weight is 396 g/mol. The van der Waals surface area contributed by atoms with Gasteiger partial charge in [-0.05, 0) is 18.4 Å². The topological polar surface area (TPSA) is 85.1 Å². The molecule has 0 spiro atoms. The molecule has 1 atom stereocenters. The van der Waals surface area contributed by atoms with Crippen LogP contribution in [0.5, 0.6) is 0 Å². The Bertz CT molecular complexity index is 1060. The summed E-state index contributed by atoms with van der Waals surface area (Å²) in [5.74, 6) is -1.69. The van der Waals surface area contributed by atoms with Crippen LogP contribution in [0.1, 0.15) is 28.2 Å². The van der Waals surface area contributed by atoms with E-state index in [1.165, 1.54) is 15.8 Å². The van der Waals surface area contributed by atoms with Gasteiger partial charge in [0, 0.05) is 14.1 Å². The molecule has 2 aromatic heterocycles. The van der Waals surface area contributed by atoms with Crippen LogP contribution >= 0.6 is 0 Å². The smallest absolute Gasteiger partial charge is 0.275 e. The monoisotopic (exact) mass is 396 g/mol. The lowest BCUT2D eigenvalue weighted by Crippen LogP contribution is -2.47. The Labute approximate surface area is 166 Å². The highest BCUT2D eigenvalue weighted by molar-refractivity contribution is 6.02. The summed E-state index contributed by atoms with van der Waals surface area (Å²) in [5, 5.41) is 10.9. The normalized spacial score (nSPS) is 16.4. The van der Waals surface area contributed by atoms with Gasteiger partial charge in [0.05, 0.1) is 30.3 Å². The first-order chi connectivity index (χ1) is 13.9. The van der Waals surface area contributed by atoms with Gasteiger partial charge >= 0.3 is 0 Å². The zero-order valence-electron chi connectivity index (χ0n) is 16.2. The molecule has 3 aromatic rings. The second-order valence-electron chi connectivity index (χ2n) is 7.07. The molecule has 150 valence electrons. The average Bonchev–Trinajstić information content (AvgIpc) is 3.23. The van der Waals surface area contributed by atoms with Gasteiger partial charge in [0.15, 0.2) is 11.5 Å². The molecule has 29 heavy (non-hydrogen) atoms. The highest BCUT2D eigenvalue weighted by Crippen LogP contribution is 2.25. The Kier molecular flexibility index (Phi) is 4.87. The predicted molar refractivity (Wildman–Crippen MR) is 104 cm³/mol. The number of carbonyl (C=O) groups is 2. The zero-order chi connectivity index (χ0) is 20.5. The van der Waals surface area contributed by atoms with E-state index >= 15 is 0 Å². The van der Waals surface area contributed by atoms with Crippen LogP contribution in [-0.2, 0) is 24.8 Å². The second-order valence-corrected chi connectivity index (χ2v) is 7.07. The molecule has 3 heterocycles. The minimum Gasteiger partial charge on any atom is -0.339 e. The van der Waals surface area contributed by atoms with Gasteiger partial charge in [0.2, 0.25) is 5.91 Å². The molecule has 4 rings (SSSR count). The van der Waals surface area contributed by atoms with E-state index in [4.69, 9.17) is 0 Å². The van der Waals surface area contributed by atoms with Crippen molar-refractivity contribution in [2.24, 2.45) is 7.05 Å². The first-order valence-electron chi connectivity index (χ1n) is 9.30. The standard InChI is InChI=1S/C20H21FN6O2/c1-25-17-10-22-26(2)16(17)9-8-15(20(25)29)23-19(28)18-14(21)12-27(24-18)11-13-6-4-3-5-7-13/h3-7,10,12,15H,8-9,11H2,1-2H3,(H,23,28). The van der Waals surface area contributed by atoms with E-state index in [9.17, 15) is 14.0 Å². The van der Waals surface area contributed by atoms with Crippen molar-refractivity contribution in [3.63, 3.8) is 0 Å². The van der Waals surface area contributed by atoms with Gasteiger partial charge in [-0.1, -0.05) is 30.3 Å². The second kappa shape index (κ2) is 7.50. The van der Waals surface area contributed by atoms with Gasteiger partial charge in [-0.15, -0.1) is 0 Å². The fraction of sp³-hybridized carbons (Fsp3) is 0.300. The lowest BCUT2D eigenvalue weighted by molar-refractivity contribution is -0.120. The molecule has 1 aliphatic rings. The van der Waals surface area contributed by atoms with Crippen molar-refractivity contribution in [3.05, 3.63) is 65.5 Å². The summed E-state index contributed by atoms with van der Waals surface area (Å²) in [5.41, 5.74) is 2.25. The molecule has 0 saturated heterocycles. The van der Waals surface area contributed by atoms with Crippen molar-refractivity contribution in [2.45, 2.75) is 25.4 Å². The number of fused-ring (bicyclic) bond motifs is 1. The number of benzene rings is 1. The number of halogens is 1. The highest BCUT2D eigenvalue weighted by atomic mass is 19.1. The van der Waals surface area contributed by atoms with E-state index in [0.29, 0.717) is 25.1 Å². The third-order valence-electron chi connectivity index (χ3n) is 5.12. The number of aryl methyl sites for hydroxylation is 1. The Hall–Kier alpha value is -3.49. The van der Waals surface area contributed by atoms with Crippen molar-refractivity contribution in [2.75, 3.05) is 11.9 Å². The molecule has 2 amide bonds. The summed E-state index contributed by atoms with van der Waals surface area (Å²) in [7, 11) is 3.45. The number of anilines is 1. The summed E-state index contributed by atoms with van der Waals surface area (Å²) in [4.78, 5) is 26.9. The lowest BCUT2D eigenvalue weighted by Gasteiger charge is -2.20.